The Bertz CT molecular complexity index is 1320. The van der Waals surface area contributed by atoms with Crippen LogP contribution in [0.25, 0.3) is 0 Å². The highest BCUT2D eigenvalue weighted by Gasteiger charge is 2.38. The molecular formula is C40H65N5O8. The second kappa shape index (κ2) is 24.2. The molecule has 13 nitrogen and oxygen atoms in total. The number of hydrogen-bond donors (Lipinski definition) is 6. The van der Waals surface area contributed by atoms with Crippen molar-refractivity contribution in [2.24, 2.45) is 5.92 Å². The molecule has 0 spiro atoms. The lowest BCUT2D eigenvalue weighted by atomic mass is 10.0. The van der Waals surface area contributed by atoms with Crippen LogP contribution in [0.5, 0.6) is 5.75 Å². The molecular weight excluding hydrogens is 678 g/mol. The number of likely N-dealkylation sites (tertiary alicyclic amines) is 1. The third kappa shape index (κ3) is 17.0. The Hall–Kier alpha value is -4.16. The van der Waals surface area contributed by atoms with Gasteiger partial charge in [-0.2, -0.15) is 0 Å². The van der Waals surface area contributed by atoms with E-state index >= 15 is 0 Å². The number of phenolic OH excluding ortho intramolecular Hbond substituents is 1. The number of benzene rings is 1. The Morgan fingerprint density at radius 2 is 1.30 bits per heavy atom. The predicted molar refractivity (Wildman–Crippen MR) is 204 cm³/mol. The van der Waals surface area contributed by atoms with Crippen LogP contribution in [0.4, 0.5) is 0 Å². The molecule has 1 saturated heterocycles. The molecule has 13 heteroatoms. The SMILES string of the molecule is CCCCCCCCCCCCCC(=O)NC(CC(C)C)C(=O)NC(C)C(=O)NC(C)C(=O)N1CCCC1C(=O)NC(Cc1ccc(O)cc1)C(=O)O. The normalized spacial score (nSPS) is 16.3. The van der Waals surface area contributed by atoms with Gasteiger partial charge in [-0.15, -0.1) is 0 Å². The van der Waals surface area contributed by atoms with E-state index in [1.807, 2.05) is 13.8 Å². The van der Waals surface area contributed by atoms with Gasteiger partial charge in [0.1, 0.15) is 36.0 Å². The largest absolute Gasteiger partial charge is 0.508 e. The van der Waals surface area contributed by atoms with Gasteiger partial charge >= 0.3 is 5.97 Å². The number of rotatable bonds is 25. The molecule has 0 saturated carbocycles. The summed E-state index contributed by atoms with van der Waals surface area (Å²) in [5.41, 5.74) is 0.602. The molecule has 2 rings (SSSR count). The molecule has 1 heterocycles. The molecule has 0 aliphatic carbocycles. The summed E-state index contributed by atoms with van der Waals surface area (Å²) in [4.78, 5) is 78.9. The van der Waals surface area contributed by atoms with Gasteiger partial charge in [0.05, 0.1) is 0 Å². The molecule has 1 fully saturated rings. The molecule has 0 aromatic heterocycles. The lowest BCUT2D eigenvalue weighted by molar-refractivity contribution is -0.144. The average molecular weight is 744 g/mol. The lowest BCUT2D eigenvalue weighted by Gasteiger charge is -2.29. The summed E-state index contributed by atoms with van der Waals surface area (Å²) in [5.74, 6) is -3.49. The van der Waals surface area contributed by atoms with Gasteiger partial charge in [0.25, 0.3) is 0 Å². The lowest BCUT2D eigenvalue weighted by Crippen LogP contribution is -2.57. The number of hydrogen-bond acceptors (Lipinski definition) is 7. The third-order valence-corrected chi connectivity index (χ3v) is 9.68. The summed E-state index contributed by atoms with van der Waals surface area (Å²) in [6.45, 7) is 9.36. The minimum atomic E-state index is -1.25. The number of carboxylic acid groups (broad SMARTS) is 1. The molecule has 0 bridgehead atoms. The molecule has 1 aliphatic heterocycles. The zero-order valence-electron chi connectivity index (χ0n) is 32.6. The molecule has 0 radical (unpaired) electrons. The third-order valence-electron chi connectivity index (χ3n) is 9.68. The van der Waals surface area contributed by atoms with E-state index in [2.05, 4.69) is 28.2 Å². The first kappa shape index (κ1) is 45.0. The van der Waals surface area contributed by atoms with Crippen molar-refractivity contribution in [1.82, 2.24) is 26.2 Å². The quantitative estimate of drug-likeness (QED) is 0.0774. The number of carbonyl (C=O) groups excluding carboxylic acids is 5. The number of nitrogens with one attached hydrogen (secondary N) is 4. The van der Waals surface area contributed by atoms with Crippen LogP contribution in [-0.2, 0) is 35.2 Å². The first-order valence-electron chi connectivity index (χ1n) is 19.7. The second-order valence-electron chi connectivity index (χ2n) is 15.0. The van der Waals surface area contributed by atoms with E-state index in [-0.39, 0.29) is 30.5 Å². The van der Waals surface area contributed by atoms with Crippen molar-refractivity contribution in [3.63, 3.8) is 0 Å². The molecule has 5 unspecified atom stereocenters. The molecule has 298 valence electrons. The number of amides is 5. The smallest absolute Gasteiger partial charge is 0.326 e. The number of aromatic hydroxyl groups is 1. The Balaban J connectivity index is 1.83. The fourth-order valence-corrected chi connectivity index (χ4v) is 6.59. The van der Waals surface area contributed by atoms with Crippen molar-refractivity contribution in [2.45, 2.75) is 168 Å². The van der Waals surface area contributed by atoms with Gasteiger partial charge in [-0.05, 0) is 63.1 Å². The average Bonchev–Trinajstić information content (AvgIpc) is 3.60. The summed E-state index contributed by atoms with van der Waals surface area (Å²) in [6, 6.07) is 0.985. The molecule has 1 aromatic carbocycles. The zero-order valence-corrected chi connectivity index (χ0v) is 32.6. The first-order chi connectivity index (χ1) is 25.2. The van der Waals surface area contributed by atoms with Crippen molar-refractivity contribution < 1.29 is 39.0 Å². The van der Waals surface area contributed by atoms with E-state index in [4.69, 9.17) is 0 Å². The Morgan fingerprint density at radius 1 is 0.736 bits per heavy atom. The Morgan fingerprint density at radius 3 is 1.87 bits per heavy atom. The van der Waals surface area contributed by atoms with Crippen molar-refractivity contribution in [2.75, 3.05) is 6.54 Å². The predicted octanol–water partition coefficient (Wildman–Crippen LogP) is 4.74. The van der Waals surface area contributed by atoms with Gasteiger partial charge in [0.2, 0.25) is 29.5 Å². The van der Waals surface area contributed by atoms with Crippen molar-refractivity contribution in [3.05, 3.63) is 29.8 Å². The van der Waals surface area contributed by atoms with Gasteiger partial charge < -0.3 is 36.4 Å². The summed E-state index contributed by atoms with van der Waals surface area (Å²) in [6.07, 6.45) is 14.5. The summed E-state index contributed by atoms with van der Waals surface area (Å²) >= 11 is 0. The second-order valence-corrected chi connectivity index (χ2v) is 15.0. The summed E-state index contributed by atoms with van der Waals surface area (Å²) in [7, 11) is 0. The minimum absolute atomic E-state index is 0.0147. The fourth-order valence-electron chi connectivity index (χ4n) is 6.59. The minimum Gasteiger partial charge on any atom is -0.508 e. The van der Waals surface area contributed by atoms with Crippen LogP contribution in [0.1, 0.15) is 136 Å². The molecule has 1 aliphatic rings. The molecule has 53 heavy (non-hydrogen) atoms. The van der Waals surface area contributed by atoms with Gasteiger partial charge in [-0.1, -0.05) is 97.1 Å². The molecule has 5 amide bonds. The Labute approximate surface area is 315 Å². The van der Waals surface area contributed by atoms with Crippen LogP contribution < -0.4 is 21.3 Å². The highest BCUT2D eigenvalue weighted by molar-refractivity contribution is 5.96. The van der Waals surface area contributed by atoms with E-state index in [0.717, 1.165) is 19.3 Å². The van der Waals surface area contributed by atoms with Gasteiger partial charge in [-0.3, -0.25) is 24.0 Å². The van der Waals surface area contributed by atoms with Crippen LogP contribution in [0.2, 0.25) is 0 Å². The topological polar surface area (TPSA) is 194 Å². The molecule has 1 aromatic rings. The molecule has 5 atom stereocenters. The van der Waals surface area contributed by atoms with E-state index < -0.39 is 59.8 Å². The van der Waals surface area contributed by atoms with Crippen LogP contribution in [0, 0.1) is 5.92 Å². The maximum absolute atomic E-state index is 13.4. The summed E-state index contributed by atoms with van der Waals surface area (Å²) < 4.78 is 0. The number of unbranched alkanes of at least 4 members (excludes halogenated alkanes) is 10. The van der Waals surface area contributed by atoms with Crippen LogP contribution in [0.3, 0.4) is 0 Å². The first-order valence-corrected chi connectivity index (χ1v) is 19.7. The van der Waals surface area contributed by atoms with Crippen LogP contribution in [-0.4, -0.2) is 87.4 Å². The number of carboxylic acids is 1. The number of phenols is 1. The number of aliphatic carboxylic acids is 1. The van der Waals surface area contributed by atoms with Gasteiger partial charge in [0, 0.05) is 19.4 Å². The van der Waals surface area contributed by atoms with Gasteiger partial charge in [-0.25, -0.2) is 4.79 Å². The standard InChI is InChI=1S/C40H65N5O8/c1-6-7-8-9-10-11-12-13-14-15-16-19-35(47)43-32(25-27(2)3)37(49)41-28(4)36(48)42-29(5)39(51)45-24-17-18-34(45)38(50)44-33(40(52)53)26-30-20-22-31(46)23-21-30/h20-23,27-29,32-34,46H,6-19,24-26H2,1-5H3,(H,41,49)(H,42,48)(H,43,47)(H,44,50)(H,52,53). The van der Waals surface area contributed by atoms with E-state index in [1.54, 1.807) is 12.1 Å². The summed E-state index contributed by atoms with van der Waals surface area (Å²) in [5, 5.41) is 29.9. The number of nitrogens with zero attached hydrogens (tertiary/aromatic N) is 1. The maximum atomic E-state index is 13.4. The molecule has 6 N–H and O–H groups in total. The number of carbonyl (C=O) groups is 6. The highest BCUT2D eigenvalue weighted by Crippen LogP contribution is 2.20. The van der Waals surface area contributed by atoms with E-state index in [1.165, 1.54) is 82.2 Å². The van der Waals surface area contributed by atoms with Crippen molar-refractivity contribution in [1.29, 1.82) is 0 Å². The Kier molecular flexibility index (Phi) is 20.6. The van der Waals surface area contributed by atoms with E-state index in [0.29, 0.717) is 31.2 Å². The fraction of sp³-hybridized carbons (Fsp3) is 0.700. The monoisotopic (exact) mass is 743 g/mol. The van der Waals surface area contributed by atoms with Crippen molar-refractivity contribution in [3.8, 4) is 5.75 Å². The maximum Gasteiger partial charge on any atom is 0.326 e. The highest BCUT2D eigenvalue weighted by atomic mass is 16.4. The van der Waals surface area contributed by atoms with Crippen LogP contribution in [0.15, 0.2) is 24.3 Å². The van der Waals surface area contributed by atoms with Gasteiger partial charge in [0.15, 0.2) is 0 Å². The van der Waals surface area contributed by atoms with Crippen molar-refractivity contribution >= 4 is 35.5 Å². The zero-order chi connectivity index (χ0) is 39.3. The van der Waals surface area contributed by atoms with E-state index in [9.17, 15) is 39.0 Å². The van der Waals surface area contributed by atoms with Crippen LogP contribution >= 0.6 is 0 Å².